The van der Waals surface area contributed by atoms with Gasteiger partial charge in [0.2, 0.25) is 0 Å². The van der Waals surface area contributed by atoms with Crippen LogP contribution in [0.5, 0.6) is 0 Å². The first kappa shape index (κ1) is 20.4. The molecule has 0 aliphatic heterocycles. The first-order chi connectivity index (χ1) is 14.9. The van der Waals surface area contributed by atoms with E-state index in [4.69, 9.17) is 0 Å². The predicted molar refractivity (Wildman–Crippen MR) is 112 cm³/mol. The Bertz CT molecular complexity index is 1370. The number of aromatic nitrogens is 1. The van der Waals surface area contributed by atoms with Gasteiger partial charge in [-0.25, -0.2) is 13.2 Å². The molecule has 1 heterocycles. The average Bonchev–Trinajstić information content (AvgIpc) is 2.72. The highest BCUT2D eigenvalue weighted by molar-refractivity contribution is 6.08. The number of nitrogens with zero attached hydrogens (tertiary/aromatic N) is 1. The topological polar surface area (TPSA) is 51.1 Å². The third-order valence-electron chi connectivity index (χ3n) is 5.02. The maximum Gasteiger partial charge on any atom is 0.266 e. The van der Waals surface area contributed by atoms with Crippen LogP contribution in [-0.4, -0.2) is 10.5 Å². The molecule has 31 heavy (non-hydrogen) atoms. The Hall–Kier alpha value is -3.87. The van der Waals surface area contributed by atoms with E-state index in [2.05, 4.69) is 5.32 Å². The minimum Gasteiger partial charge on any atom is -0.348 e. The summed E-state index contributed by atoms with van der Waals surface area (Å²) in [5, 5.41) is 2.14. The van der Waals surface area contributed by atoms with E-state index in [1.807, 2.05) is 0 Å². The molecule has 0 fully saturated rings. The minimum absolute atomic E-state index is 0.000210. The number of halogens is 3. The zero-order valence-corrected chi connectivity index (χ0v) is 16.5. The van der Waals surface area contributed by atoms with Gasteiger partial charge in [0.05, 0.1) is 10.9 Å². The number of para-hydroxylation sites is 1. The summed E-state index contributed by atoms with van der Waals surface area (Å²) >= 11 is 0. The van der Waals surface area contributed by atoms with Crippen LogP contribution < -0.4 is 10.9 Å². The second-order valence-corrected chi connectivity index (χ2v) is 7.06. The average molecular weight is 422 g/mol. The lowest BCUT2D eigenvalue weighted by Gasteiger charge is -2.17. The van der Waals surface area contributed by atoms with Crippen molar-refractivity contribution >= 4 is 16.7 Å². The fraction of sp³-hybridized carbons (Fsp3) is 0.0833. The molecule has 0 atom stereocenters. The molecule has 4 aromatic rings. The third kappa shape index (κ3) is 3.82. The van der Waals surface area contributed by atoms with Crippen molar-refractivity contribution in [3.63, 3.8) is 0 Å². The Balaban J connectivity index is 1.90. The highest BCUT2D eigenvalue weighted by atomic mass is 19.1. The van der Waals surface area contributed by atoms with E-state index in [1.165, 1.54) is 29.7 Å². The molecule has 3 aromatic carbocycles. The van der Waals surface area contributed by atoms with E-state index in [0.717, 1.165) is 6.07 Å². The summed E-state index contributed by atoms with van der Waals surface area (Å²) < 4.78 is 43.3. The molecule has 1 amide bonds. The van der Waals surface area contributed by atoms with Gasteiger partial charge in [0.25, 0.3) is 11.5 Å². The van der Waals surface area contributed by atoms with Gasteiger partial charge in [0, 0.05) is 29.4 Å². The monoisotopic (exact) mass is 422 g/mol. The summed E-state index contributed by atoms with van der Waals surface area (Å²) in [6.45, 7) is 1.54. The zero-order valence-electron chi connectivity index (χ0n) is 16.5. The van der Waals surface area contributed by atoms with E-state index in [-0.39, 0.29) is 28.6 Å². The van der Waals surface area contributed by atoms with Gasteiger partial charge in [-0.05, 0) is 42.8 Å². The van der Waals surface area contributed by atoms with Crippen LogP contribution >= 0.6 is 0 Å². The first-order valence-electron chi connectivity index (χ1n) is 9.49. The highest BCUT2D eigenvalue weighted by Gasteiger charge is 2.23. The molecular weight excluding hydrogens is 405 g/mol. The lowest BCUT2D eigenvalue weighted by atomic mass is 10.0. The van der Waals surface area contributed by atoms with Crippen molar-refractivity contribution < 1.29 is 18.0 Å². The van der Waals surface area contributed by atoms with Crippen LogP contribution in [0.1, 0.15) is 21.6 Å². The third-order valence-corrected chi connectivity index (χ3v) is 5.02. The number of fused-ring (bicyclic) bond motifs is 1. The number of hydrogen-bond donors (Lipinski definition) is 1. The van der Waals surface area contributed by atoms with Gasteiger partial charge in [-0.1, -0.05) is 30.3 Å². The van der Waals surface area contributed by atoms with Crippen LogP contribution in [0.3, 0.4) is 0 Å². The van der Waals surface area contributed by atoms with Crippen molar-refractivity contribution in [3.05, 3.63) is 111 Å². The summed E-state index contributed by atoms with van der Waals surface area (Å²) in [6, 6.07) is 15.8. The molecule has 7 heteroatoms. The lowest BCUT2D eigenvalue weighted by molar-refractivity contribution is 0.0951. The van der Waals surface area contributed by atoms with E-state index < -0.39 is 28.9 Å². The molecular formula is C24H17F3N2O2. The Morgan fingerprint density at radius 1 is 0.935 bits per heavy atom. The van der Waals surface area contributed by atoms with Gasteiger partial charge in [0.1, 0.15) is 17.5 Å². The second kappa shape index (κ2) is 8.10. The normalized spacial score (nSPS) is 11.0. The maximum absolute atomic E-state index is 14.6. The van der Waals surface area contributed by atoms with Gasteiger partial charge in [-0.15, -0.1) is 0 Å². The molecule has 1 N–H and O–H groups in total. The summed E-state index contributed by atoms with van der Waals surface area (Å²) in [7, 11) is 0. The molecule has 0 saturated heterocycles. The standard InChI is InChI=1S/C24H17F3N2O2/c1-14-21(23(30)28-13-15-6-5-7-16(25)10-15)19-11-17(26)12-20(27)22(19)24(31)29(14)18-8-3-2-4-9-18/h2-12H,13H2,1H3,(H,28,30). The molecule has 1 aromatic heterocycles. The van der Waals surface area contributed by atoms with Crippen LogP contribution in [0.15, 0.2) is 71.5 Å². The van der Waals surface area contributed by atoms with Gasteiger partial charge in [0.15, 0.2) is 0 Å². The van der Waals surface area contributed by atoms with Crippen LogP contribution in [0.4, 0.5) is 13.2 Å². The summed E-state index contributed by atoms with van der Waals surface area (Å²) in [4.78, 5) is 26.2. The molecule has 0 radical (unpaired) electrons. The maximum atomic E-state index is 14.6. The SMILES string of the molecule is Cc1c(C(=O)NCc2cccc(F)c2)c2cc(F)cc(F)c2c(=O)n1-c1ccccc1. The number of carbonyl (C=O) groups is 1. The van der Waals surface area contributed by atoms with E-state index >= 15 is 0 Å². The Morgan fingerprint density at radius 3 is 2.39 bits per heavy atom. The summed E-state index contributed by atoms with van der Waals surface area (Å²) in [5.74, 6) is -3.04. The van der Waals surface area contributed by atoms with Crippen molar-refractivity contribution in [2.75, 3.05) is 0 Å². The molecule has 4 nitrogen and oxygen atoms in total. The van der Waals surface area contributed by atoms with Crippen LogP contribution in [-0.2, 0) is 6.54 Å². The zero-order chi connectivity index (χ0) is 22.1. The molecule has 0 aliphatic rings. The number of hydrogen-bond acceptors (Lipinski definition) is 2. The quantitative estimate of drug-likeness (QED) is 0.521. The smallest absolute Gasteiger partial charge is 0.266 e. The van der Waals surface area contributed by atoms with Gasteiger partial charge < -0.3 is 5.32 Å². The number of nitrogens with one attached hydrogen (secondary N) is 1. The Kier molecular flexibility index (Phi) is 5.33. The summed E-state index contributed by atoms with van der Waals surface area (Å²) in [5.41, 5.74) is 0.454. The fourth-order valence-electron chi connectivity index (χ4n) is 3.65. The molecule has 4 rings (SSSR count). The van der Waals surface area contributed by atoms with Crippen molar-refractivity contribution in [1.82, 2.24) is 9.88 Å². The van der Waals surface area contributed by atoms with Crippen molar-refractivity contribution in [1.29, 1.82) is 0 Å². The van der Waals surface area contributed by atoms with Gasteiger partial charge in [-0.3, -0.25) is 14.2 Å². The molecule has 0 unspecified atom stereocenters. The first-order valence-corrected chi connectivity index (χ1v) is 9.49. The highest BCUT2D eigenvalue weighted by Crippen LogP contribution is 2.25. The predicted octanol–water partition coefficient (Wildman–Crippen LogP) is 4.65. The van der Waals surface area contributed by atoms with E-state index in [1.54, 1.807) is 36.4 Å². The molecule has 0 bridgehead atoms. The van der Waals surface area contributed by atoms with Crippen molar-refractivity contribution in [3.8, 4) is 5.69 Å². The number of benzene rings is 3. The molecule has 156 valence electrons. The fourth-order valence-corrected chi connectivity index (χ4v) is 3.65. The molecule has 0 spiro atoms. The Labute approximate surface area is 175 Å². The second-order valence-electron chi connectivity index (χ2n) is 7.06. The number of carbonyl (C=O) groups excluding carboxylic acids is 1. The summed E-state index contributed by atoms with van der Waals surface area (Å²) in [6.07, 6.45) is 0. The lowest BCUT2D eigenvalue weighted by Crippen LogP contribution is -2.30. The van der Waals surface area contributed by atoms with Crippen LogP contribution in [0.2, 0.25) is 0 Å². The Morgan fingerprint density at radius 2 is 1.68 bits per heavy atom. The van der Waals surface area contributed by atoms with Crippen LogP contribution in [0.25, 0.3) is 16.5 Å². The van der Waals surface area contributed by atoms with Gasteiger partial charge >= 0.3 is 0 Å². The van der Waals surface area contributed by atoms with Gasteiger partial charge in [-0.2, -0.15) is 0 Å². The largest absolute Gasteiger partial charge is 0.348 e. The number of rotatable bonds is 4. The van der Waals surface area contributed by atoms with Crippen molar-refractivity contribution in [2.45, 2.75) is 13.5 Å². The van der Waals surface area contributed by atoms with E-state index in [0.29, 0.717) is 17.3 Å². The van der Waals surface area contributed by atoms with Crippen LogP contribution in [0, 0.1) is 24.4 Å². The number of amides is 1. The van der Waals surface area contributed by atoms with E-state index in [9.17, 15) is 22.8 Å². The van der Waals surface area contributed by atoms with Crippen molar-refractivity contribution in [2.24, 2.45) is 0 Å². The number of pyridine rings is 1. The molecule has 0 saturated carbocycles. The minimum atomic E-state index is -1.05. The molecule has 0 aliphatic carbocycles.